The molecule has 0 spiro atoms. The van der Waals surface area contributed by atoms with E-state index in [1.807, 2.05) is 30.3 Å². The van der Waals surface area contributed by atoms with Crippen molar-refractivity contribution < 1.29 is 9.59 Å². The Bertz CT molecular complexity index is 454. The topological polar surface area (TPSA) is 58.2 Å². The van der Waals surface area contributed by atoms with Gasteiger partial charge in [0.2, 0.25) is 11.8 Å². The van der Waals surface area contributed by atoms with Crippen molar-refractivity contribution in [3.8, 4) is 0 Å². The van der Waals surface area contributed by atoms with E-state index in [-0.39, 0.29) is 17.9 Å². The molecule has 17 heavy (non-hydrogen) atoms. The summed E-state index contributed by atoms with van der Waals surface area (Å²) in [7, 11) is 0. The van der Waals surface area contributed by atoms with E-state index < -0.39 is 6.04 Å². The van der Waals surface area contributed by atoms with E-state index in [1.54, 1.807) is 0 Å². The fourth-order valence-corrected chi connectivity index (χ4v) is 2.24. The molecule has 88 valence electrons. The zero-order valence-corrected chi connectivity index (χ0v) is 9.35. The number of rotatable bonds is 2. The second-order valence-corrected chi connectivity index (χ2v) is 4.68. The molecule has 1 heterocycles. The van der Waals surface area contributed by atoms with Gasteiger partial charge in [0.05, 0.1) is 0 Å². The Kier molecular flexibility index (Phi) is 2.35. The van der Waals surface area contributed by atoms with E-state index in [1.165, 1.54) is 0 Å². The number of carbonyl (C=O) groups is 2. The van der Waals surface area contributed by atoms with Gasteiger partial charge in [-0.1, -0.05) is 30.3 Å². The van der Waals surface area contributed by atoms with Crippen LogP contribution in [0.25, 0.3) is 0 Å². The van der Waals surface area contributed by atoms with Gasteiger partial charge in [-0.3, -0.25) is 9.59 Å². The van der Waals surface area contributed by atoms with Crippen molar-refractivity contribution >= 4 is 11.8 Å². The van der Waals surface area contributed by atoms with Gasteiger partial charge in [0.1, 0.15) is 12.1 Å². The summed E-state index contributed by atoms with van der Waals surface area (Å²) in [6, 6.07) is 8.45. The Labute approximate surface area is 99.4 Å². The smallest absolute Gasteiger partial charge is 0.247 e. The first-order chi connectivity index (χ1) is 8.25. The molecule has 0 aromatic heterocycles. The fraction of sp³-hybridized carbons (Fsp3) is 0.385. The van der Waals surface area contributed by atoms with Crippen LogP contribution in [0.2, 0.25) is 0 Å². The first-order valence-electron chi connectivity index (χ1n) is 5.91. The van der Waals surface area contributed by atoms with Gasteiger partial charge in [0.15, 0.2) is 0 Å². The van der Waals surface area contributed by atoms with Crippen LogP contribution in [0.15, 0.2) is 30.3 Å². The van der Waals surface area contributed by atoms with Crippen molar-refractivity contribution in [1.29, 1.82) is 0 Å². The summed E-state index contributed by atoms with van der Waals surface area (Å²) in [6.07, 6.45) is 2.07. The SMILES string of the molecule is O=C1NC(C2CC2)C(=O)NC1c1ccccc1. The molecule has 2 atom stereocenters. The third kappa shape index (κ3) is 1.90. The summed E-state index contributed by atoms with van der Waals surface area (Å²) >= 11 is 0. The van der Waals surface area contributed by atoms with Crippen LogP contribution < -0.4 is 10.6 Å². The van der Waals surface area contributed by atoms with Crippen molar-refractivity contribution in [1.82, 2.24) is 10.6 Å². The number of hydrogen-bond acceptors (Lipinski definition) is 2. The van der Waals surface area contributed by atoms with Gasteiger partial charge in [-0.2, -0.15) is 0 Å². The van der Waals surface area contributed by atoms with E-state index >= 15 is 0 Å². The summed E-state index contributed by atoms with van der Waals surface area (Å²) in [4.78, 5) is 23.8. The molecular formula is C13H14N2O2. The summed E-state index contributed by atoms with van der Waals surface area (Å²) in [5.41, 5.74) is 0.826. The van der Waals surface area contributed by atoms with E-state index in [4.69, 9.17) is 0 Å². The standard InChI is InChI=1S/C13H14N2O2/c16-12-10(8-4-2-1-3-5-8)14-13(17)11(15-12)9-6-7-9/h1-5,9-11H,6-7H2,(H,14,17)(H,15,16). The normalized spacial score (nSPS) is 28.5. The Balaban J connectivity index is 1.80. The lowest BCUT2D eigenvalue weighted by Crippen LogP contribution is -2.58. The van der Waals surface area contributed by atoms with Crippen molar-refractivity contribution in [3.05, 3.63) is 35.9 Å². The van der Waals surface area contributed by atoms with Crippen molar-refractivity contribution in [3.63, 3.8) is 0 Å². The summed E-state index contributed by atoms with van der Waals surface area (Å²) in [5, 5.41) is 5.63. The molecule has 2 aliphatic rings. The molecule has 1 aliphatic heterocycles. The van der Waals surface area contributed by atoms with Crippen molar-refractivity contribution in [2.75, 3.05) is 0 Å². The van der Waals surface area contributed by atoms with E-state index in [0.29, 0.717) is 5.92 Å². The highest BCUT2D eigenvalue weighted by Gasteiger charge is 2.42. The van der Waals surface area contributed by atoms with Crippen molar-refractivity contribution in [2.24, 2.45) is 5.92 Å². The second kappa shape index (κ2) is 3.87. The molecule has 3 rings (SSSR count). The van der Waals surface area contributed by atoms with Crippen LogP contribution >= 0.6 is 0 Å². The molecular weight excluding hydrogens is 216 g/mol. The first-order valence-corrected chi connectivity index (χ1v) is 5.91. The molecule has 4 nitrogen and oxygen atoms in total. The molecule has 0 bridgehead atoms. The molecule has 2 fully saturated rings. The van der Waals surface area contributed by atoms with Gasteiger partial charge >= 0.3 is 0 Å². The van der Waals surface area contributed by atoms with E-state index in [9.17, 15) is 9.59 Å². The average molecular weight is 230 g/mol. The van der Waals surface area contributed by atoms with Crippen LogP contribution in [0, 0.1) is 5.92 Å². The van der Waals surface area contributed by atoms with Crippen LogP contribution in [0.1, 0.15) is 24.4 Å². The molecule has 2 amide bonds. The highest BCUT2D eigenvalue weighted by atomic mass is 16.2. The second-order valence-electron chi connectivity index (χ2n) is 4.68. The molecule has 2 N–H and O–H groups in total. The maximum Gasteiger partial charge on any atom is 0.247 e. The summed E-state index contributed by atoms with van der Waals surface area (Å²) in [5.74, 6) is 0.185. The third-order valence-electron chi connectivity index (χ3n) is 3.36. The Morgan fingerprint density at radius 3 is 2.29 bits per heavy atom. The van der Waals surface area contributed by atoms with E-state index in [2.05, 4.69) is 10.6 Å². The molecule has 1 saturated heterocycles. The lowest BCUT2D eigenvalue weighted by Gasteiger charge is -2.29. The first kappa shape index (κ1) is 10.3. The number of piperazine rings is 1. The van der Waals surface area contributed by atoms with Crippen LogP contribution in [-0.2, 0) is 9.59 Å². The fourth-order valence-electron chi connectivity index (χ4n) is 2.24. The summed E-state index contributed by atoms with van der Waals surface area (Å²) < 4.78 is 0. The predicted molar refractivity (Wildman–Crippen MR) is 62.0 cm³/mol. The van der Waals surface area contributed by atoms with Crippen LogP contribution in [-0.4, -0.2) is 17.9 Å². The maximum atomic E-state index is 12.0. The number of amides is 2. The van der Waals surface area contributed by atoms with Gasteiger partial charge in [-0.05, 0) is 24.3 Å². The van der Waals surface area contributed by atoms with Crippen LogP contribution in [0.3, 0.4) is 0 Å². The number of carbonyl (C=O) groups excluding carboxylic acids is 2. The zero-order chi connectivity index (χ0) is 11.8. The minimum Gasteiger partial charge on any atom is -0.342 e. The quantitative estimate of drug-likeness (QED) is 0.787. The van der Waals surface area contributed by atoms with Gasteiger partial charge < -0.3 is 10.6 Å². The molecule has 4 heteroatoms. The van der Waals surface area contributed by atoms with Gasteiger partial charge in [0, 0.05) is 0 Å². The van der Waals surface area contributed by atoms with E-state index in [0.717, 1.165) is 18.4 Å². The minimum absolute atomic E-state index is 0.0547. The monoisotopic (exact) mass is 230 g/mol. The highest BCUT2D eigenvalue weighted by Crippen LogP contribution is 2.34. The molecule has 0 radical (unpaired) electrons. The largest absolute Gasteiger partial charge is 0.342 e. The highest BCUT2D eigenvalue weighted by molar-refractivity contribution is 5.97. The maximum absolute atomic E-state index is 12.0. The lowest BCUT2D eigenvalue weighted by molar-refractivity contribution is -0.137. The molecule has 1 aromatic rings. The van der Waals surface area contributed by atoms with Gasteiger partial charge in [0.25, 0.3) is 0 Å². The average Bonchev–Trinajstić information content (AvgIpc) is 3.17. The Morgan fingerprint density at radius 1 is 0.941 bits per heavy atom. The predicted octanol–water partition coefficient (Wildman–Crippen LogP) is 0.752. The Morgan fingerprint density at radius 2 is 1.65 bits per heavy atom. The van der Waals surface area contributed by atoms with Gasteiger partial charge in [-0.15, -0.1) is 0 Å². The number of hydrogen-bond donors (Lipinski definition) is 2. The molecule has 1 aromatic carbocycles. The third-order valence-corrected chi connectivity index (χ3v) is 3.36. The van der Waals surface area contributed by atoms with Crippen molar-refractivity contribution in [2.45, 2.75) is 24.9 Å². The molecule has 1 saturated carbocycles. The van der Waals surface area contributed by atoms with Crippen LogP contribution in [0.5, 0.6) is 0 Å². The molecule has 1 aliphatic carbocycles. The lowest BCUT2D eigenvalue weighted by atomic mass is 10.0. The molecule has 2 unspecified atom stereocenters. The van der Waals surface area contributed by atoms with Gasteiger partial charge in [-0.25, -0.2) is 0 Å². The number of benzene rings is 1. The summed E-state index contributed by atoms with van der Waals surface area (Å²) in [6.45, 7) is 0. The Hall–Kier alpha value is -1.84. The van der Waals surface area contributed by atoms with Crippen LogP contribution in [0.4, 0.5) is 0 Å². The number of nitrogens with one attached hydrogen (secondary N) is 2. The zero-order valence-electron chi connectivity index (χ0n) is 9.35. The minimum atomic E-state index is -0.543.